The summed E-state index contributed by atoms with van der Waals surface area (Å²) in [4.78, 5) is 17.7. The number of hydrogen-bond acceptors (Lipinski definition) is 4. The average molecular weight is 256 g/mol. The first-order chi connectivity index (χ1) is 8.13. The molecule has 1 aromatic heterocycles. The highest BCUT2D eigenvalue weighted by atomic mass is 35.5. The summed E-state index contributed by atoms with van der Waals surface area (Å²) in [5, 5.41) is 9.34. The predicted molar refractivity (Wildman–Crippen MR) is 64.8 cm³/mol. The Morgan fingerprint density at radius 1 is 1.71 bits per heavy atom. The smallest absolute Gasteiger partial charge is 0.257 e. The van der Waals surface area contributed by atoms with Gasteiger partial charge in [-0.05, 0) is 18.9 Å². The molecule has 1 atom stereocenters. The quantitative estimate of drug-likeness (QED) is 0.770. The summed E-state index contributed by atoms with van der Waals surface area (Å²) in [7, 11) is 0. The second kappa shape index (κ2) is 4.89. The minimum atomic E-state index is -0.216. The highest BCUT2D eigenvalue weighted by Gasteiger charge is 2.30. The molecule has 92 valence electrons. The molecule has 1 unspecified atom stereocenters. The van der Waals surface area contributed by atoms with Crippen molar-refractivity contribution in [3.63, 3.8) is 0 Å². The molecule has 1 aromatic rings. The molecule has 5 nitrogen and oxygen atoms in total. The molecule has 1 aliphatic heterocycles. The van der Waals surface area contributed by atoms with E-state index in [0.717, 1.165) is 12.8 Å². The largest absolute Gasteiger partial charge is 0.397 e. The van der Waals surface area contributed by atoms with Gasteiger partial charge in [-0.1, -0.05) is 11.6 Å². The Morgan fingerprint density at radius 2 is 2.47 bits per heavy atom. The first kappa shape index (κ1) is 12.1. The molecule has 3 N–H and O–H groups in total. The van der Waals surface area contributed by atoms with E-state index in [2.05, 4.69) is 4.98 Å². The molecule has 0 aliphatic carbocycles. The lowest BCUT2D eigenvalue weighted by atomic mass is 10.2. The summed E-state index contributed by atoms with van der Waals surface area (Å²) in [6.45, 7) is 0.605. The Morgan fingerprint density at radius 3 is 3.18 bits per heavy atom. The van der Waals surface area contributed by atoms with Gasteiger partial charge in [0.25, 0.3) is 5.91 Å². The van der Waals surface area contributed by atoms with Gasteiger partial charge in [-0.2, -0.15) is 0 Å². The fourth-order valence-electron chi connectivity index (χ4n) is 2.06. The Labute approximate surface area is 104 Å². The number of nitrogens with zero attached hydrogens (tertiary/aromatic N) is 2. The van der Waals surface area contributed by atoms with Gasteiger partial charge in [0.05, 0.1) is 30.1 Å². The zero-order chi connectivity index (χ0) is 12.4. The van der Waals surface area contributed by atoms with Crippen molar-refractivity contribution in [1.29, 1.82) is 0 Å². The molecule has 0 radical (unpaired) electrons. The maximum atomic E-state index is 12.2. The molecule has 0 spiro atoms. The van der Waals surface area contributed by atoms with Crippen LogP contribution in [0.3, 0.4) is 0 Å². The van der Waals surface area contributed by atoms with Crippen molar-refractivity contribution in [2.75, 3.05) is 18.9 Å². The second-order valence-electron chi connectivity index (χ2n) is 4.08. The molecule has 1 aliphatic rings. The molecule has 1 amide bonds. The second-order valence-corrected chi connectivity index (χ2v) is 4.44. The number of nitrogen functional groups attached to an aromatic ring is 1. The van der Waals surface area contributed by atoms with Gasteiger partial charge in [-0.15, -0.1) is 0 Å². The van der Waals surface area contributed by atoms with Crippen molar-refractivity contribution in [1.82, 2.24) is 9.88 Å². The van der Waals surface area contributed by atoms with Crippen LogP contribution in [0.25, 0.3) is 0 Å². The summed E-state index contributed by atoms with van der Waals surface area (Å²) < 4.78 is 0. The van der Waals surface area contributed by atoms with Crippen LogP contribution in [-0.4, -0.2) is 40.1 Å². The maximum Gasteiger partial charge on any atom is 0.257 e. The first-order valence-electron chi connectivity index (χ1n) is 5.46. The van der Waals surface area contributed by atoms with E-state index in [1.165, 1.54) is 12.3 Å². The Balaban J connectivity index is 2.27. The number of hydrogen-bond donors (Lipinski definition) is 2. The van der Waals surface area contributed by atoms with Crippen molar-refractivity contribution < 1.29 is 9.90 Å². The van der Waals surface area contributed by atoms with Crippen molar-refractivity contribution in [3.05, 3.63) is 23.0 Å². The molecule has 0 aromatic carbocycles. The number of aliphatic hydroxyl groups excluding tert-OH is 1. The normalized spacial score (nSPS) is 19.6. The Bertz CT molecular complexity index is 439. The van der Waals surface area contributed by atoms with E-state index in [4.69, 9.17) is 17.3 Å². The van der Waals surface area contributed by atoms with Crippen LogP contribution in [0.5, 0.6) is 0 Å². The van der Waals surface area contributed by atoms with E-state index in [0.29, 0.717) is 17.8 Å². The lowest BCUT2D eigenvalue weighted by molar-refractivity contribution is 0.0677. The van der Waals surface area contributed by atoms with Crippen LogP contribution >= 0.6 is 11.6 Å². The molecular formula is C11H14ClN3O2. The molecule has 6 heteroatoms. The predicted octanol–water partition coefficient (Wildman–Crippen LogP) is 0.914. The summed E-state index contributed by atoms with van der Waals surface area (Å²) in [6.07, 6.45) is 3.12. The zero-order valence-corrected chi connectivity index (χ0v) is 10.0. The van der Waals surface area contributed by atoms with Crippen LogP contribution in [0.1, 0.15) is 23.2 Å². The minimum Gasteiger partial charge on any atom is -0.397 e. The molecule has 2 heterocycles. The van der Waals surface area contributed by atoms with E-state index in [-0.39, 0.29) is 23.7 Å². The molecule has 1 fully saturated rings. The fraction of sp³-hybridized carbons (Fsp3) is 0.455. The third kappa shape index (κ3) is 2.35. The van der Waals surface area contributed by atoms with Crippen LogP contribution in [0.4, 0.5) is 5.69 Å². The van der Waals surface area contributed by atoms with Gasteiger partial charge in [-0.3, -0.25) is 4.79 Å². The standard InChI is InChI=1S/C11H14ClN3O2/c12-10-9(4-7(13)5-14-10)11(17)15-3-1-2-8(15)6-16/h4-5,8,16H,1-3,6,13H2. The van der Waals surface area contributed by atoms with Crippen molar-refractivity contribution in [2.45, 2.75) is 18.9 Å². The van der Waals surface area contributed by atoms with Crippen LogP contribution in [0.15, 0.2) is 12.3 Å². The average Bonchev–Trinajstić information content (AvgIpc) is 2.79. The summed E-state index contributed by atoms with van der Waals surface area (Å²) in [6, 6.07) is 1.39. The number of aromatic nitrogens is 1. The van der Waals surface area contributed by atoms with Crippen LogP contribution in [0.2, 0.25) is 5.15 Å². The third-order valence-corrected chi connectivity index (χ3v) is 3.24. The number of amides is 1. The number of aliphatic hydroxyl groups is 1. The monoisotopic (exact) mass is 255 g/mol. The Hall–Kier alpha value is -1.33. The lowest BCUT2D eigenvalue weighted by Crippen LogP contribution is -2.37. The third-order valence-electron chi connectivity index (χ3n) is 2.94. The van der Waals surface area contributed by atoms with Crippen molar-refractivity contribution in [2.24, 2.45) is 0 Å². The van der Waals surface area contributed by atoms with E-state index in [9.17, 15) is 9.90 Å². The molecule has 2 rings (SSSR count). The minimum absolute atomic E-state index is 0.0287. The number of carbonyl (C=O) groups is 1. The van der Waals surface area contributed by atoms with Gasteiger partial charge < -0.3 is 15.7 Å². The Kier molecular flexibility index (Phi) is 3.49. The fourth-order valence-corrected chi connectivity index (χ4v) is 2.25. The zero-order valence-electron chi connectivity index (χ0n) is 9.27. The number of anilines is 1. The number of carbonyl (C=O) groups excluding carboxylic acids is 1. The molecule has 0 bridgehead atoms. The number of likely N-dealkylation sites (tertiary alicyclic amines) is 1. The van der Waals surface area contributed by atoms with Crippen LogP contribution in [-0.2, 0) is 0 Å². The summed E-state index contributed by atoms with van der Waals surface area (Å²) in [5.41, 5.74) is 6.29. The topological polar surface area (TPSA) is 79.5 Å². The number of rotatable bonds is 2. The summed E-state index contributed by atoms with van der Waals surface area (Å²) >= 11 is 5.88. The first-order valence-corrected chi connectivity index (χ1v) is 5.84. The van der Waals surface area contributed by atoms with Gasteiger partial charge in [0.2, 0.25) is 0 Å². The molecule has 17 heavy (non-hydrogen) atoms. The lowest BCUT2D eigenvalue weighted by Gasteiger charge is -2.23. The van der Waals surface area contributed by atoms with Crippen LogP contribution < -0.4 is 5.73 Å². The van der Waals surface area contributed by atoms with E-state index in [1.807, 2.05) is 0 Å². The SMILES string of the molecule is Nc1cnc(Cl)c(C(=O)N2CCCC2CO)c1. The van der Waals surface area contributed by atoms with E-state index >= 15 is 0 Å². The summed E-state index contributed by atoms with van der Waals surface area (Å²) in [5.74, 6) is -0.216. The highest BCUT2D eigenvalue weighted by Crippen LogP contribution is 2.23. The van der Waals surface area contributed by atoms with Gasteiger partial charge in [0.1, 0.15) is 5.15 Å². The van der Waals surface area contributed by atoms with Crippen LogP contribution in [0, 0.1) is 0 Å². The van der Waals surface area contributed by atoms with Gasteiger partial charge in [0.15, 0.2) is 0 Å². The maximum absolute atomic E-state index is 12.2. The van der Waals surface area contributed by atoms with Crippen molar-refractivity contribution >= 4 is 23.2 Å². The van der Waals surface area contributed by atoms with Gasteiger partial charge in [-0.25, -0.2) is 4.98 Å². The van der Waals surface area contributed by atoms with E-state index in [1.54, 1.807) is 4.90 Å². The number of pyridine rings is 1. The van der Waals surface area contributed by atoms with Crippen molar-refractivity contribution in [3.8, 4) is 0 Å². The number of nitrogens with two attached hydrogens (primary N) is 1. The molecular weight excluding hydrogens is 242 g/mol. The number of halogens is 1. The van der Waals surface area contributed by atoms with E-state index < -0.39 is 0 Å². The molecule has 1 saturated heterocycles. The molecule has 0 saturated carbocycles. The van der Waals surface area contributed by atoms with Gasteiger partial charge in [0, 0.05) is 6.54 Å². The van der Waals surface area contributed by atoms with Gasteiger partial charge >= 0.3 is 0 Å². The highest BCUT2D eigenvalue weighted by molar-refractivity contribution is 6.32.